The van der Waals surface area contributed by atoms with Gasteiger partial charge in [-0.1, -0.05) is 36.4 Å². The number of para-hydroxylation sites is 1. The van der Waals surface area contributed by atoms with Gasteiger partial charge in [-0.3, -0.25) is 4.79 Å². The van der Waals surface area contributed by atoms with E-state index in [-0.39, 0.29) is 18.3 Å². The second-order valence-corrected chi connectivity index (χ2v) is 6.74. The highest BCUT2D eigenvalue weighted by Gasteiger charge is 2.23. The molecule has 6 heteroatoms. The number of carbonyl (C=O) groups excluding carboxylic acids is 1. The van der Waals surface area contributed by atoms with Crippen LogP contribution in [0.25, 0.3) is 0 Å². The average Bonchev–Trinajstić information content (AvgIpc) is 3.14. The standard InChI is InChI=1S/C22H27FN4O/c1-2-24-22(26-16-18-9-3-5-10-19(18)23)25-14-7-12-21(28)27-15-13-17-8-4-6-11-20(17)27/h3-6,8-11H,2,7,12-16H2,1H3,(H2,24,25,26). The van der Waals surface area contributed by atoms with Gasteiger partial charge in [0.25, 0.3) is 0 Å². The normalized spacial score (nSPS) is 13.4. The molecule has 1 aliphatic heterocycles. The van der Waals surface area contributed by atoms with Crippen LogP contribution < -0.4 is 15.5 Å². The van der Waals surface area contributed by atoms with Crippen LogP contribution >= 0.6 is 0 Å². The highest BCUT2D eigenvalue weighted by Crippen LogP contribution is 2.27. The van der Waals surface area contributed by atoms with Crippen molar-refractivity contribution in [3.8, 4) is 0 Å². The Bertz CT molecular complexity index is 837. The fraction of sp³-hybridized carbons (Fsp3) is 0.364. The van der Waals surface area contributed by atoms with Crippen LogP contribution in [-0.2, 0) is 17.8 Å². The van der Waals surface area contributed by atoms with Crippen molar-refractivity contribution in [3.05, 3.63) is 65.5 Å². The fourth-order valence-corrected chi connectivity index (χ4v) is 3.31. The maximum Gasteiger partial charge on any atom is 0.227 e. The van der Waals surface area contributed by atoms with E-state index in [1.54, 1.807) is 18.2 Å². The van der Waals surface area contributed by atoms with Crippen LogP contribution in [0, 0.1) is 5.82 Å². The molecule has 5 nitrogen and oxygen atoms in total. The second kappa shape index (κ2) is 9.88. The van der Waals surface area contributed by atoms with E-state index in [1.807, 2.05) is 30.0 Å². The van der Waals surface area contributed by atoms with Gasteiger partial charge in [0.1, 0.15) is 5.82 Å². The second-order valence-electron chi connectivity index (χ2n) is 6.74. The lowest BCUT2D eigenvalue weighted by Crippen LogP contribution is -2.38. The molecule has 2 aromatic rings. The molecule has 0 saturated heterocycles. The van der Waals surface area contributed by atoms with Gasteiger partial charge in [0.05, 0.1) is 6.54 Å². The van der Waals surface area contributed by atoms with Crippen LogP contribution in [0.3, 0.4) is 0 Å². The zero-order valence-corrected chi connectivity index (χ0v) is 16.2. The molecule has 0 unspecified atom stereocenters. The molecule has 0 aliphatic carbocycles. The summed E-state index contributed by atoms with van der Waals surface area (Å²) in [7, 11) is 0. The molecular weight excluding hydrogens is 355 g/mol. The van der Waals surface area contributed by atoms with E-state index >= 15 is 0 Å². The number of anilines is 1. The summed E-state index contributed by atoms with van der Waals surface area (Å²) in [5.41, 5.74) is 2.84. The van der Waals surface area contributed by atoms with Crippen molar-refractivity contribution in [1.29, 1.82) is 0 Å². The minimum atomic E-state index is -0.251. The zero-order valence-electron chi connectivity index (χ0n) is 16.2. The Kier molecular flexibility index (Phi) is 7.00. The van der Waals surface area contributed by atoms with Gasteiger partial charge < -0.3 is 15.5 Å². The number of rotatable bonds is 7. The molecular formula is C22H27FN4O. The summed E-state index contributed by atoms with van der Waals surface area (Å²) in [5, 5.41) is 6.37. The monoisotopic (exact) mass is 382 g/mol. The maximum atomic E-state index is 13.7. The third-order valence-electron chi connectivity index (χ3n) is 4.76. The third kappa shape index (κ3) is 5.09. The van der Waals surface area contributed by atoms with E-state index in [0.717, 1.165) is 18.7 Å². The number of hydrogen-bond donors (Lipinski definition) is 2. The number of carbonyl (C=O) groups is 1. The Morgan fingerprint density at radius 2 is 1.93 bits per heavy atom. The van der Waals surface area contributed by atoms with E-state index in [4.69, 9.17) is 0 Å². The van der Waals surface area contributed by atoms with E-state index in [2.05, 4.69) is 21.7 Å². The lowest BCUT2D eigenvalue weighted by Gasteiger charge is -2.17. The van der Waals surface area contributed by atoms with Crippen LogP contribution in [0.1, 0.15) is 30.9 Å². The minimum Gasteiger partial charge on any atom is -0.357 e. The van der Waals surface area contributed by atoms with E-state index in [9.17, 15) is 9.18 Å². The molecule has 2 N–H and O–H groups in total. The summed E-state index contributed by atoms with van der Waals surface area (Å²) in [6.07, 6.45) is 2.11. The summed E-state index contributed by atoms with van der Waals surface area (Å²) in [5.74, 6) is 0.531. The first kappa shape index (κ1) is 19.9. The molecule has 0 saturated carbocycles. The van der Waals surface area contributed by atoms with Crippen molar-refractivity contribution in [3.63, 3.8) is 0 Å². The van der Waals surface area contributed by atoms with Crippen LogP contribution in [0.2, 0.25) is 0 Å². The zero-order chi connectivity index (χ0) is 19.8. The van der Waals surface area contributed by atoms with E-state index in [0.29, 0.717) is 37.5 Å². The molecule has 1 amide bonds. The fourth-order valence-electron chi connectivity index (χ4n) is 3.31. The number of fused-ring (bicyclic) bond motifs is 1. The molecule has 1 heterocycles. The molecule has 0 spiro atoms. The Balaban J connectivity index is 1.46. The van der Waals surface area contributed by atoms with Crippen LogP contribution in [0.5, 0.6) is 0 Å². The number of aliphatic imine (C=N–C) groups is 1. The third-order valence-corrected chi connectivity index (χ3v) is 4.76. The lowest BCUT2D eigenvalue weighted by atomic mass is 10.2. The Morgan fingerprint density at radius 1 is 1.14 bits per heavy atom. The van der Waals surface area contributed by atoms with E-state index < -0.39 is 0 Å². The van der Waals surface area contributed by atoms with Crippen molar-refractivity contribution >= 4 is 17.6 Å². The van der Waals surface area contributed by atoms with Gasteiger partial charge in [-0.25, -0.2) is 9.38 Å². The first-order chi connectivity index (χ1) is 13.7. The summed E-state index contributed by atoms with van der Waals surface area (Å²) in [6, 6.07) is 14.7. The molecule has 0 bridgehead atoms. The van der Waals surface area contributed by atoms with Gasteiger partial charge in [0.15, 0.2) is 5.96 Å². The molecule has 0 fully saturated rings. The number of guanidine groups is 1. The van der Waals surface area contributed by atoms with E-state index in [1.165, 1.54) is 11.6 Å². The van der Waals surface area contributed by atoms with Crippen LogP contribution in [0.15, 0.2) is 53.5 Å². The molecule has 0 aromatic heterocycles. The summed E-state index contributed by atoms with van der Waals surface area (Å²) in [6.45, 7) is 4.36. The summed E-state index contributed by atoms with van der Waals surface area (Å²) >= 11 is 0. The number of nitrogens with zero attached hydrogens (tertiary/aromatic N) is 2. The molecule has 2 aromatic carbocycles. The Morgan fingerprint density at radius 3 is 2.75 bits per heavy atom. The highest BCUT2D eigenvalue weighted by atomic mass is 19.1. The molecule has 148 valence electrons. The average molecular weight is 382 g/mol. The van der Waals surface area contributed by atoms with Crippen LogP contribution in [0.4, 0.5) is 10.1 Å². The molecule has 0 atom stereocenters. The van der Waals surface area contributed by atoms with Gasteiger partial charge in [0, 0.05) is 37.3 Å². The van der Waals surface area contributed by atoms with Gasteiger partial charge in [-0.05, 0) is 37.5 Å². The van der Waals surface area contributed by atoms with Gasteiger partial charge in [-0.15, -0.1) is 0 Å². The molecule has 28 heavy (non-hydrogen) atoms. The summed E-state index contributed by atoms with van der Waals surface area (Å²) in [4.78, 5) is 18.8. The number of nitrogens with one attached hydrogen (secondary N) is 2. The van der Waals surface area contributed by atoms with Gasteiger partial charge in [-0.2, -0.15) is 0 Å². The first-order valence-electron chi connectivity index (χ1n) is 9.83. The predicted molar refractivity (Wildman–Crippen MR) is 111 cm³/mol. The molecule has 0 radical (unpaired) electrons. The maximum absolute atomic E-state index is 13.7. The Hall–Kier alpha value is -2.89. The van der Waals surface area contributed by atoms with Crippen molar-refractivity contribution in [2.45, 2.75) is 32.7 Å². The highest BCUT2D eigenvalue weighted by molar-refractivity contribution is 5.95. The Labute approximate surface area is 165 Å². The number of amides is 1. The number of benzene rings is 2. The smallest absolute Gasteiger partial charge is 0.227 e. The van der Waals surface area contributed by atoms with Crippen molar-refractivity contribution in [2.24, 2.45) is 4.99 Å². The van der Waals surface area contributed by atoms with Gasteiger partial charge >= 0.3 is 0 Å². The lowest BCUT2D eigenvalue weighted by molar-refractivity contribution is -0.118. The summed E-state index contributed by atoms with van der Waals surface area (Å²) < 4.78 is 13.7. The SMILES string of the molecule is CCNC(=NCc1ccccc1F)NCCCC(=O)N1CCc2ccccc21. The topological polar surface area (TPSA) is 56.7 Å². The van der Waals surface area contributed by atoms with Gasteiger partial charge in [0.2, 0.25) is 5.91 Å². The first-order valence-corrected chi connectivity index (χ1v) is 9.83. The van der Waals surface area contributed by atoms with Crippen molar-refractivity contribution in [1.82, 2.24) is 10.6 Å². The van der Waals surface area contributed by atoms with Crippen molar-refractivity contribution in [2.75, 3.05) is 24.5 Å². The molecule has 1 aliphatic rings. The quantitative estimate of drug-likeness (QED) is 0.439. The molecule has 3 rings (SSSR count). The number of hydrogen-bond acceptors (Lipinski definition) is 2. The van der Waals surface area contributed by atoms with Crippen molar-refractivity contribution < 1.29 is 9.18 Å². The number of halogens is 1. The minimum absolute atomic E-state index is 0.153. The van der Waals surface area contributed by atoms with Crippen LogP contribution in [-0.4, -0.2) is 31.5 Å². The largest absolute Gasteiger partial charge is 0.357 e. The predicted octanol–water partition coefficient (Wildman–Crippen LogP) is 3.25.